The molecular weight excluding hydrogens is 336 g/mol. The maximum atomic E-state index is 12.2. The fourth-order valence-electron chi connectivity index (χ4n) is 3.82. The Hall–Kier alpha value is -1.47. The van der Waals surface area contributed by atoms with Gasteiger partial charge in [-0.25, -0.2) is 4.79 Å². The van der Waals surface area contributed by atoms with Crippen molar-refractivity contribution in [2.24, 2.45) is 0 Å². The minimum absolute atomic E-state index is 0.00356. The molecule has 0 bridgehead atoms. The van der Waals surface area contributed by atoms with E-state index < -0.39 is 11.6 Å². The average Bonchev–Trinajstić information content (AvgIpc) is 2.68. The number of carbonyl (C=O) groups excluding carboxylic acids is 1. The summed E-state index contributed by atoms with van der Waals surface area (Å²) in [4.78, 5) is 12.2. The first-order chi connectivity index (χ1) is 12.5. The highest BCUT2D eigenvalue weighted by molar-refractivity contribution is 5.89. The van der Waals surface area contributed by atoms with Gasteiger partial charge in [0.15, 0.2) is 0 Å². The Morgan fingerprint density at radius 3 is 2.35 bits per heavy atom. The van der Waals surface area contributed by atoms with Gasteiger partial charge in [-0.3, -0.25) is 0 Å². The van der Waals surface area contributed by atoms with E-state index in [0.717, 1.165) is 25.7 Å². The zero-order chi connectivity index (χ0) is 18.6. The van der Waals surface area contributed by atoms with Gasteiger partial charge in [0.05, 0.1) is 24.4 Å². The third kappa shape index (κ3) is 3.64. The van der Waals surface area contributed by atoms with E-state index in [1.54, 1.807) is 38.5 Å². The number of esters is 1. The number of benzene rings is 1. The number of rotatable bonds is 6. The molecule has 1 saturated carbocycles. The molecule has 26 heavy (non-hydrogen) atoms. The maximum Gasteiger partial charge on any atom is 0.338 e. The fourth-order valence-corrected chi connectivity index (χ4v) is 3.82. The smallest absolute Gasteiger partial charge is 0.338 e. The summed E-state index contributed by atoms with van der Waals surface area (Å²) in [5, 5.41) is 0. The molecule has 1 aliphatic carbocycles. The summed E-state index contributed by atoms with van der Waals surface area (Å²) in [6.45, 7) is 1.96. The molecule has 0 spiro atoms. The molecule has 0 aromatic heterocycles. The van der Waals surface area contributed by atoms with Crippen molar-refractivity contribution in [3.8, 4) is 0 Å². The van der Waals surface area contributed by atoms with Crippen molar-refractivity contribution < 1.29 is 28.5 Å². The zero-order valence-electron chi connectivity index (χ0n) is 15.7. The fraction of sp³-hybridized carbons (Fsp3) is 0.650. The molecule has 0 radical (unpaired) electrons. The van der Waals surface area contributed by atoms with Crippen molar-refractivity contribution in [3.63, 3.8) is 0 Å². The number of ether oxygens (including phenoxy) is 5. The second kappa shape index (κ2) is 8.05. The second-order valence-corrected chi connectivity index (χ2v) is 6.96. The highest BCUT2D eigenvalue weighted by Gasteiger charge is 2.59. The Balaban J connectivity index is 1.68. The van der Waals surface area contributed by atoms with E-state index in [4.69, 9.17) is 23.7 Å². The predicted molar refractivity (Wildman–Crippen MR) is 94.7 cm³/mol. The lowest BCUT2D eigenvalue weighted by Crippen LogP contribution is -2.67. The van der Waals surface area contributed by atoms with Gasteiger partial charge in [-0.05, 0) is 31.9 Å². The summed E-state index contributed by atoms with van der Waals surface area (Å²) in [7, 11) is 3.15. The van der Waals surface area contributed by atoms with Gasteiger partial charge in [-0.15, -0.1) is 0 Å². The van der Waals surface area contributed by atoms with Crippen LogP contribution in [-0.4, -0.2) is 50.6 Å². The molecule has 6 heteroatoms. The monoisotopic (exact) mass is 364 g/mol. The first-order valence-electron chi connectivity index (χ1n) is 9.22. The van der Waals surface area contributed by atoms with E-state index in [0.29, 0.717) is 12.0 Å². The zero-order valence-corrected chi connectivity index (χ0v) is 15.7. The summed E-state index contributed by atoms with van der Waals surface area (Å²) >= 11 is 0. The third-order valence-corrected chi connectivity index (χ3v) is 5.44. The van der Waals surface area contributed by atoms with Crippen LogP contribution in [0.2, 0.25) is 0 Å². The van der Waals surface area contributed by atoms with Crippen LogP contribution in [0.15, 0.2) is 30.3 Å². The lowest BCUT2D eigenvalue weighted by molar-refractivity contribution is -0.459. The van der Waals surface area contributed by atoms with Gasteiger partial charge < -0.3 is 23.7 Å². The van der Waals surface area contributed by atoms with Crippen LogP contribution in [0.3, 0.4) is 0 Å². The molecule has 0 unspecified atom stereocenters. The SMILES string of the molecule is CO[C@]1(C)O[C@H]2CCCC[C@@H]2O[C@@]1(CCOC(=O)c1ccccc1)OC. The van der Waals surface area contributed by atoms with Crippen molar-refractivity contribution >= 4 is 5.97 Å². The molecule has 0 amide bonds. The van der Waals surface area contributed by atoms with E-state index in [-0.39, 0.29) is 24.8 Å². The van der Waals surface area contributed by atoms with Crippen LogP contribution in [-0.2, 0) is 23.7 Å². The van der Waals surface area contributed by atoms with Crippen molar-refractivity contribution in [1.82, 2.24) is 0 Å². The van der Waals surface area contributed by atoms with Gasteiger partial charge in [0.25, 0.3) is 0 Å². The molecule has 1 aromatic carbocycles. The topological polar surface area (TPSA) is 63.2 Å². The first-order valence-corrected chi connectivity index (χ1v) is 9.22. The number of carbonyl (C=O) groups is 1. The Morgan fingerprint density at radius 2 is 1.73 bits per heavy atom. The highest BCUT2D eigenvalue weighted by atomic mass is 16.8. The van der Waals surface area contributed by atoms with E-state index in [9.17, 15) is 4.79 Å². The largest absolute Gasteiger partial charge is 0.462 e. The van der Waals surface area contributed by atoms with Gasteiger partial charge in [0.1, 0.15) is 0 Å². The molecule has 1 heterocycles. The van der Waals surface area contributed by atoms with E-state index in [2.05, 4.69) is 0 Å². The van der Waals surface area contributed by atoms with Crippen molar-refractivity contribution in [2.75, 3.05) is 20.8 Å². The molecule has 6 nitrogen and oxygen atoms in total. The van der Waals surface area contributed by atoms with Crippen LogP contribution in [0.25, 0.3) is 0 Å². The molecule has 2 fully saturated rings. The highest BCUT2D eigenvalue weighted by Crippen LogP contribution is 2.45. The summed E-state index contributed by atoms with van der Waals surface area (Å²) < 4.78 is 29.5. The van der Waals surface area contributed by atoms with Crippen LogP contribution in [0.4, 0.5) is 0 Å². The average molecular weight is 364 g/mol. The molecule has 3 rings (SSSR count). The Bertz CT molecular complexity index is 606. The Labute approximate surface area is 154 Å². The first kappa shape index (κ1) is 19.3. The van der Waals surface area contributed by atoms with Crippen LogP contribution in [0.1, 0.15) is 49.4 Å². The van der Waals surface area contributed by atoms with Crippen LogP contribution in [0.5, 0.6) is 0 Å². The minimum atomic E-state index is -1.13. The predicted octanol–water partition coefficient (Wildman–Crippen LogP) is 3.30. The number of hydrogen-bond donors (Lipinski definition) is 0. The van der Waals surface area contributed by atoms with Crippen molar-refractivity contribution in [2.45, 2.75) is 62.8 Å². The van der Waals surface area contributed by atoms with Crippen LogP contribution >= 0.6 is 0 Å². The van der Waals surface area contributed by atoms with Gasteiger partial charge in [-0.1, -0.05) is 31.0 Å². The second-order valence-electron chi connectivity index (χ2n) is 6.96. The Kier molecular flexibility index (Phi) is 5.97. The van der Waals surface area contributed by atoms with Gasteiger partial charge in [0, 0.05) is 20.6 Å². The van der Waals surface area contributed by atoms with Gasteiger partial charge >= 0.3 is 5.97 Å². The number of fused-ring (bicyclic) bond motifs is 1. The molecule has 1 saturated heterocycles. The van der Waals surface area contributed by atoms with Crippen molar-refractivity contribution in [3.05, 3.63) is 35.9 Å². The standard InChI is InChI=1S/C20H28O6/c1-19(22-2)20(23-3,26-17-12-8-7-11-16(17)25-19)13-14-24-18(21)15-9-5-4-6-10-15/h4-6,9-10,16-17H,7-8,11-14H2,1-3H3/t16-,17-,19+,20+/m0/s1. The van der Waals surface area contributed by atoms with E-state index in [1.165, 1.54) is 0 Å². The normalized spacial score (nSPS) is 34.1. The summed E-state index contributed by atoms with van der Waals surface area (Å²) in [6.07, 6.45) is 4.40. The van der Waals surface area contributed by atoms with Crippen molar-refractivity contribution in [1.29, 1.82) is 0 Å². The summed E-state index contributed by atoms with van der Waals surface area (Å²) in [6, 6.07) is 8.91. The molecule has 0 N–H and O–H groups in total. The van der Waals surface area contributed by atoms with Crippen LogP contribution in [0, 0.1) is 0 Å². The lowest BCUT2D eigenvalue weighted by Gasteiger charge is -2.54. The molecule has 2 aliphatic rings. The van der Waals surface area contributed by atoms with Gasteiger partial charge in [0.2, 0.25) is 11.6 Å². The quantitative estimate of drug-likeness (QED) is 0.722. The molecular formula is C20H28O6. The van der Waals surface area contributed by atoms with E-state index in [1.807, 2.05) is 13.0 Å². The number of hydrogen-bond acceptors (Lipinski definition) is 6. The molecule has 4 atom stereocenters. The van der Waals surface area contributed by atoms with Crippen LogP contribution < -0.4 is 0 Å². The van der Waals surface area contributed by atoms with E-state index >= 15 is 0 Å². The minimum Gasteiger partial charge on any atom is -0.462 e. The molecule has 144 valence electrons. The molecule has 1 aliphatic heterocycles. The number of methoxy groups -OCH3 is 2. The van der Waals surface area contributed by atoms with Gasteiger partial charge in [-0.2, -0.15) is 0 Å². The summed E-state index contributed by atoms with van der Waals surface area (Å²) in [5.74, 6) is -2.57. The lowest BCUT2D eigenvalue weighted by atomic mass is 9.90. The maximum absolute atomic E-state index is 12.2. The Morgan fingerprint density at radius 1 is 1.08 bits per heavy atom. The molecule has 1 aromatic rings. The summed E-state index contributed by atoms with van der Waals surface area (Å²) in [5.41, 5.74) is 0.515. The third-order valence-electron chi connectivity index (χ3n) is 5.44.